The van der Waals surface area contributed by atoms with Crippen LogP contribution >= 0.6 is 15.9 Å². The van der Waals surface area contributed by atoms with Crippen molar-refractivity contribution >= 4 is 39.1 Å². The lowest BCUT2D eigenvalue weighted by Gasteiger charge is -2.30. The standard InChI is InChI=1S/C29H23BrN2O7/c1-15-24(29(34)38-3)25(26-27(31-15)18-6-4-5-7-19(18)28(26)33)20-12-22(37-2)23(13-21(20)30)39-14-16-8-10-17(11-9-16)32(35)36/h4-13,25,31H,14H2,1-3H3/t25-/m1/s1. The molecule has 0 fully saturated rings. The lowest BCUT2D eigenvalue weighted by Crippen LogP contribution is -2.29. The molecule has 0 spiro atoms. The minimum absolute atomic E-state index is 0.00700. The Kier molecular flexibility index (Phi) is 6.96. The number of benzene rings is 3. The maximum Gasteiger partial charge on any atom is 0.336 e. The van der Waals surface area contributed by atoms with Gasteiger partial charge in [0.1, 0.15) is 6.61 Å². The molecule has 0 unspecified atom stereocenters. The highest BCUT2D eigenvalue weighted by atomic mass is 79.9. The van der Waals surface area contributed by atoms with Crippen LogP contribution in [0.25, 0.3) is 5.70 Å². The third-order valence-electron chi connectivity index (χ3n) is 6.79. The molecule has 1 atom stereocenters. The molecular formula is C29H23BrN2O7. The second-order valence-corrected chi connectivity index (χ2v) is 9.84. The number of hydrogen-bond acceptors (Lipinski definition) is 8. The van der Waals surface area contributed by atoms with Crippen LogP contribution in [0.3, 0.4) is 0 Å². The number of ether oxygens (including phenoxy) is 3. The van der Waals surface area contributed by atoms with E-state index >= 15 is 0 Å². The Morgan fingerprint density at radius 2 is 1.74 bits per heavy atom. The molecule has 0 bridgehead atoms. The number of nitrogens with zero attached hydrogens (tertiary/aromatic N) is 1. The summed E-state index contributed by atoms with van der Waals surface area (Å²) in [5, 5.41) is 14.2. The molecule has 198 valence electrons. The topological polar surface area (TPSA) is 117 Å². The number of nitrogens with one attached hydrogen (secondary N) is 1. The zero-order chi connectivity index (χ0) is 27.8. The number of Topliss-reactive ketones (excluding diaryl/α,β-unsaturated/α-hetero) is 1. The van der Waals surface area contributed by atoms with E-state index in [2.05, 4.69) is 21.2 Å². The van der Waals surface area contributed by atoms with Crippen LogP contribution in [-0.4, -0.2) is 30.9 Å². The predicted molar refractivity (Wildman–Crippen MR) is 146 cm³/mol. The highest BCUT2D eigenvalue weighted by Crippen LogP contribution is 2.50. The summed E-state index contributed by atoms with van der Waals surface area (Å²) in [6.07, 6.45) is 0. The van der Waals surface area contributed by atoms with E-state index in [4.69, 9.17) is 14.2 Å². The van der Waals surface area contributed by atoms with Crippen molar-refractivity contribution in [3.8, 4) is 11.5 Å². The van der Waals surface area contributed by atoms with Gasteiger partial charge in [-0.25, -0.2) is 4.79 Å². The van der Waals surface area contributed by atoms with Crippen LogP contribution in [0.4, 0.5) is 5.69 Å². The number of halogens is 1. The van der Waals surface area contributed by atoms with E-state index < -0.39 is 16.8 Å². The first-order valence-corrected chi connectivity index (χ1v) is 12.7. The van der Waals surface area contributed by atoms with Crippen LogP contribution in [0.2, 0.25) is 0 Å². The third-order valence-corrected chi connectivity index (χ3v) is 7.48. The number of allylic oxidation sites excluding steroid dienone is 2. The van der Waals surface area contributed by atoms with E-state index in [0.29, 0.717) is 49.6 Å². The number of fused-ring (bicyclic) bond motifs is 2. The lowest BCUT2D eigenvalue weighted by molar-refractivity contribution is -0.384. The molecule has 1 heterocycles. The van der Waals surface area contributed by atoms with Crippen molar-refractivity contribution in [2.75, 3.05) is 14.2 Å². The number of nitro benzene ring substituents is 1. The van der Waals surface area contributed by atoms with Crippen molar-refractivity contribution in [1.29, 1.82) is 0 Å². The number of carbonyl (C=O) groups is 2. The van der Waals surface area contributed by atoms with E-state index in [-0.39, 0.29) is 18.1 Å². The van der Waals surface area contributed by atoms with Gasteiger partial charge in [-0.05, 0) is 42.3 Å². The molecule has 0 saturated heterocycles. The van der Waals surface area contributed by atoms with Crippen LogP contribution in [0.5, 0.6) is 11.5 Å². The molecule has 0 amide bonds. The molecule has 1 aliphatic heterocycles. The number of hydrogen-bond donors (Lipinski definition) is 1. The molecule has 10 heteroatoms. The SMILES string of the molecule is COC(=O)C1=C(C)NC2=C(C(=O)c3ccccc32)[C@@H]1c1cc(OC)c(OCc2ccc([N+](=O)[O-])cc2)cc1Br. The van der Waals surface area contributed by atoms with Crippen molar-refractivity contribution in [2.45, 2.75) is 19.4 Å². The number of non-ortho nitro benzene ring substituents is 1. The molecule has 3 aromatic carbocycles. The summed E-state index contributed by atoms with van der Waals surface area (Å²) in [5.41, 5.74) is 4.70. The summed E-state index contributed by atoms with van der Waals surface area (Å²) < 4.78 is 17.3. The number of carbonyl (C=O) groups excluding carboxylic acids is 2. The van der Waals surface area contributed by atoms with Crippen molar-refractivity contribution in [3.05, 3.63) is 114 Å². The average molecular weight is 591 g/mol. The van der Waals surface area contributed by atoms with Crippen molar-refractivity contribution < 1.29 is 28.7 Å². The number of esters is 1. The van der Waals surface area contributed by atoms with Gasteiger partial charge in [0.15, 0.2) is 17.3 Å². The summed E-state index contributed by atoms with van der Waals surface area (Å²) in [7, 11) is 2.80. The normalized spacial score (nSPS) is 15.9. The number of dihydropyridines is 1. The van der Waals surface area contributed by atoms with Crippen molar-refractivity contribution in [1.82, 2.24) is 5.32 Å². The summed E-state index contributed by atoms with van der Waals surface area (Å²) in [4.78, 5) is 37.1. The highest BCUT2D eigenvalue weighted by Gasteiger charge is 2.43. The summed E-state index contributed by atoms with van der Waals surface area (Å²) in [6.45, 7) is 1.92. The highest BCUT2D eigenvalue weighted by molar-refractivity contribution is 9.10. The summed E-state index contributed by atoms with van der Waals surface area (Å²) >= 11 is 3.63. The summed E-state index contributed by atoms with van der Waals surface area (Å²) in [6, 6.07) is 16.8. The largest absolute Gasteiger partial charge is 0.493 e. The van der Waals surface area contributed by atoms with Gasteiger partial charge in [-0.15, -0.1) is 0 Å². The number of nitro groups is 1. The molecule has 0 saturated carbocycles. The van der Waals surface area contributed by atoms with E-state index in [1.807, 2.05) is 18.2 Å². The Labute approximate surface area is 232 Å². The molecule has 39 heavy (non-hydrogen) atoms. The van der Waals surface area contributed by atoms with Gasteiger partial charge in [0.25, 0.3) is 5.69 Å². The van der Waals surface area contributed by atoms with Gasteiger partial charge < -0.3 is 19.5 Å². The molecule has 5 rings (SSSR count). The molecule has 1 aliphatic carbocycles. The maximum atomic E-state index is 13.7. The number of rotatable bonds is 7. The molecule has 9 nitrogen and oxygen atoms in total. The first kappa shape index (κ1) is 26.2. The second kappa shape index (κ2) is 10.4. The Bertz CT molecular complexity index is 1590. The number of methoxy groups -OCH3 is 2. The zero-order valence-electron chi connectivity index (χ0n) is 21.2. The first-order chi connectivity index (χ1) is 18.7. The van der Waals surface area contributed by atoms with Crippen LogP contribution in [-0.2, 0) is 16.1 Å². The Morgan fingerprint density at radius 1 is 1.05 bits per heavy atom. The van der Waals surface area contributed by atoms with E-state index in [1.54, 1.807) is 37.3 Å². The molecule has 0 aromatic heterocycles. The molecule has 0 radical (unpaired) electrons. The monoisotopic (exact) mass is 590 g/mol. The molecule has 3 aromatic rings. The van der Waals surface area contributed by atoms with Gasteiger partial charge in [-0.2, -0.15) is 0 Å². The quantitative estimate of drug-likeness (QED) is 0.212. The Morgan fingerprint density at radius 3 is 2.38 bits per heavy atom. The van der Waals surface area contributed by atoms with Gasteiger partial charge in [0.05, 0.1) is 36.3 Å². The Hall–Kier alpha value is -4.44. The van der Waals surface area contributed by atoms with E-state index in [0.717, 1.165) is 11.1 Å². The van der Waals surface area contributed by atoms with Gasteiger partial charge in [-0.1, -0.05) is 40.2 Å². The second-order valence-electron chi connectivity index (χ2n) is 8.99. The fraction of sp³-hybridized carbons (Fsp3) is 0.172. The predicted octanol–water partition coefficient (Wildman–Crippen LogP) is 5.69. The fourth-order valence-electron chi connectivity index (χ4n) is 4.94. The van der Waals surface area contributed by atoms with Crippen LogP contribution < -0.4 is 14.8 Å². The summed E-state index contributed by atoms with van der Waals surface area (Å²) in [5.74, 6) is -0.654. The average Bonchev–Trinajstić information content (AvgIpc) is 3.22. The van der Waals surface area contributed by atoms with Gasteiger partial charge in [0, 0.05) is 39.0 Å². The zero-order valence-corrected chi connectivity index (χ0v) is 22.8. The third kappa shape index (κ3) is 4.57. The van der Waals surface area contributed by atoms with Gasteiger partial charge >= 0.3 is 5.97 Å². The molecule has 1 N–H and O–H groups in total. The van der Waals surface area contributed by atoms with Crippen molar-refractivity contribution in [3.63, 3.8) is 0 Å². The van der Waals surface area contributed by atoms with Gasteiger partial charge in [0.2, 0.25) is 0 Å². The van der Waals surface area contributed by atoms with Gasteiger partial charge in [-0.3, -0.25) is 14.9 Å². The minimum Gasteiger partial charge on any atom is -0.493 e. The van der Waals surface area contributed by atoms with Crippen LogP contribution in [0, 0.1) is 10.1 Å². The Balaban J connectivity index is 1.56. The minimum atomic E-state index is -0.736. The number of ketones is 1. The van der Waals surface area contributed by atoms with Crippen molar-refractivity contribution in [2.24, 2.45) is 0 Å². The fourth-order valence-corrected chi connectivity index (χ4v) is 5.49. The maximum absolute atomic E-state index is 13.7. The first-order valence-electron chi connectivity index (χ1n) is 11.9. The molecule has 2 aliphatic rings. The van der Waals surface area contributed by atoms with E-state index in [1.165, 1.54) is 26.4 Å². The van der Waals surface area contributed by atoms with E-state index in [9.17, 15) is 19.7 Å². The van der Waals surface area contributed by atoms with Crippen LogP contribution in [0.15, 0.2) is 82.0 Å². The smallest absolute Gasteiger partial charge is 0.336 e. The molecular weight excluding hydrogens is 568 g/mol. The van der Waals surface area contributed by atoms with Crippen LogP contribution in [0.1, 0.15) is 39.9 Å². The lowest BCUT2D eigenvalue weighted by atomic mass is 9.79.